The summed E-state index contributed by atoms with van der Waals surface area (Å²) >= 11 is 0. The van der Waals surface area contributed by atoms with Crippen LogP contribution < -0.4 is 5.73 Å². The van der Waals surface area contributed by atoms with Crippen LogP contribution in [0.25, 0.3) is 0 Å². The smallest absolute Gasteiger partial charge is 0.0697 e. The molecule has 3 nitrogen and oxygen atoms in total. The van der Waals surface area contributed by atoms with E-state index in [-0.39, 0.29) is 0 Å². The van der Waals surface area contributed by atoms with Crippen LogP contribution in [0.3, 0.4) is 0 Å². The fourth-order valence-electron chi connectivity index (χ4n) is 3.85. The van der Waals surface area contributed by atoms with Gasteiger partial charge in [-0.15, -0.1) is 0 Å². The predicted molar refractivity (Wildman–Crippen MR) is 68.9 cm³/mol. The summed E-state index contributed by atoms with van der Waals surface area (Å²) in [4.78, 5) is 2.71. The van der Waals surface area contributed by atoms with Crippen molar-refractivity contribution in [2.24, 2.45) is 11.7 Å². The highest BCUT2D eigenvalue weighted by Gasteiger charge is 2.44. The Balaban J connectivity index is 1.59. The van der Waals surface area contributed by atoms with Crippen LogP contribution in [0.5, 0.6) is 0 Å². The van der Waals surface area contributed by atoms with Gasteiger partial charge in [-0.3, -0.25) is 4.90 Å². The van der Waals surface area contributed by atoms with Gasteiger partial charge >= 0.3 is 0 Å². The van der Waals surface area contributed by atoms with E-state index < -0.39 is 0 Å². The lowest BCUT2D eigenvalue weighted by molar-refractivity contribution is -0.150. The summed E-state index contributed by atoms with van der Waals surface area (Å²) in [5.41, 5.74) is 6.12. The Morgan fingerprint density at radius 1 is 1.24 bits per heavy atom. The maximum absolute atomic E-state index is 6.02. The van der Waals surface area contributed by atoms with Crippen LogP contribution in [-0.4, -0.2) is 42.8 Å². The topological polar surface area (TPSA) is 38.5 Å². The molecule has 0 aromatic heterocycles. The fraction of sp³-hybridized carbons (Fsp3) is 1.00. The lowest BCUT2D eigenvalue weighted by Gasteiger charge is -2.50. The van der Waals surface area contributed by atoms with E-state index in [0.29, 0.717) is 5.60 Å². The van der Waals surface area contributed by atoms with Gasteiger partial charge in [0.1, 0.15) is 0 Å². The number of likely N-dealkylation sites (tertiary alicyclic amines) is 1. The van der Waals surface area contributed by atoms with Gasteiger partial charge in [-0.2, -0.15) is 0 Å². The monoisotopic (exact) mass is 238 g/mol. The summed E-state index contributed by atoms with van der Waals surface area (Å²) in [7, 11) is 0. The standard InChI is InChI=1S/C14H26N2O/c15-10-12-3-1-7-16(11-12)13-4-8-17-14(9-13)5-2-6-14/h12-13H,1-11,15H2. The molecule has 1 saturated carbocycles. The van der Waals surface area contributed by atoms with Gasteiger partial charge in [0.05, 0.1) is 5.60 Å². The molecule has 0 radical (unpaired) electrons. The van der Waals surface area contributed by atoms with Gasteiger partial charge in [0.25, 0.3) is 0 Å². The van der Waals surface area contributed by atoms with Crippen LogP contribution in [0.1, 0.15) is 44.9 Å². The zero-order valence-electron chi connectivity index (χ0n) is 10.9. The SMILES string of the molecule is NCC1CCCN(C2CCOC3(CCC3)C2)C1. The van der Waals surface area contributed by atoms with Gasteiger partial charge in [-0.25, -0.2) is 0 Å². The average Bonchev–Trinajstić information content (AvgIpc) is 2.37. The van der Waals surface area contributed by atoms with E-state index in [0.717, 1.165) is 25.1 Å². The van der Waals surface area contributed by atoms with Crippen molar-refractivity contribution in [2.45, 2.75) is 56.6 Å². The zero-order chi connectivity index (χ0) is 11.7. The minimum Gasteiger partial charge on any atom is -0.375 e. The zero-order valence-corrected chi connectivity index (χ0v) is 10.9. The van der Waals surface area contributed by atoms with E-state index in [9.17, 15) is 0 Å². The second kappa shape index (κ2) is 4.87. The molecule has 0 amide bonds. The summed E-state index contributed by atoms with van der Waals surface area (Å²) in [5, 5.41) is 0. The lowest BCUT2D eigenvalue weighted by Crippen LogP contribution is -2.54. The largest absolute Gasteiger partial charge is 0.375 e. The van der Waals surface area contributed by atoms with Gasteiger partial charge in [0.2, 0.25) is 0 Å². The average molecular weight is 238 g/mol. The molecule has 2 atom stereocenters. The van der Waals surface area contributed by atoms with Crippen LogP contribution in [0.2, 0.25) is 0 Å². The lowest BCUT2D eigenvalue weighted by atomic mass is 9.73. The van der Waals surface area contributed by atoms with Crippen molar-refractivity contribution in [3.05, 3.63) is 0 Å². The van der Waals surface area contributed by atoms with E-state index in [2.05, 4.69) is 4.90 Å². The summed E-state index contributed by atoms with van der Waals surface area (Å²) in [6.07, 6.45) is 9.17. The number of nitrogens with two attached hydrogens (primary N) is 1. The third-order valence-electron chi connectivity index (χ3n) is 5.13. The molecular weight excluding hydrogens is 212 g/mol. The maximum atomic E-state index is 6.02. The predicted octanol–water partition coefficient (Wildman–Crippen LogP) is 1.76. The Labute approximate surface area is 105 Å². The van der Waals surface area contributed by atoms with E-state index in [1.165, 1.54) is 58.0 Å². The van der Waals surface area contributed by atoms with E-state index >= 15 is 0 Å². The van der Waals surface area contributed by atoms with Crippen LogP contribution in [0.15, 0.2) is 0 Å². The van der Waals surface area contributed by atoms with Crippen LogP contribution in [-0.2, 0) is 4.74 Å². The first-order chi connectivity index (χ1) is 8.31. The molecule has 2 unspecified atom stereocenters. The summed E-state index contributed by atoms with van der Waals surface area (Å²) in [6, 6.07) is 0.776. The first-order valence-corrected chi connectivity index (χ1v) is 7.39. The molecule has 17 heavy (non-hydrogen) atoms. The molecular formula is C14H26N2O. The van der Waals surface area contributed by atoms with Gasteiger partial charge in [-0.1, -0.05) is 0 Å². The quantitative estimate of drug-likeness (QED) is 0.796. The third-order valence-corrected chi connectivity index (χ3v) is 5.13. The molecule has 2 saturated heterocycles. The molecule has 2 heterocycles. The van der Waals surface area contributed by atoms with E-state index in [4.69, 9.17) is 10.5 Å². The summed E-state index contributed by atoms with van der Waals surface area (Å²) in [5.74, 6) is 0.740. The second-order valence-corrected chi connectivity index (χ2v) is 6.27. The van der Waals surface area contributed by atoms with Gasteiger partial charge < -0.3 is 10.5 Å². The molecule has 1 spiro atoms. The number of hydrogen-bond acceptors (Lipinski definition) is 3. The molecule has 3 fully saturated rings. The van der Waals surface area contributed by atoms with Crippen molar-refractivity contribution in [1.82, 2.24) is 4.90 Å². The molecule has 0 aromatic rings. The van der Waals surface area contributed by atoms with E-state index in [1.54, 1.807) is 0 Å². The van der Waals surface area contributed by atoms with Crippen molar-refractivity contribution < 1.29 is 4.74 Å². The normalized spacial score (nSPS) is 37.9. The Morgan fingerprint density at radius 3 is 2.82 bits per heavy atom. The number of rotatable bonds is 2. The molecule has 3 rings (SSSR count). The Hall–Kier alpha value is -0.120. The second-order valence-electron chi connectivity index (χ2n) is 6.27. The highest BCUT2D eigenvalue weighted by atomic mass is 16.5. The first-order valence-electron chi connectivity index (χ1n) is 7.39. The third kappa shape index (κ3) is 2.38. The highest BCUT2D eigenvalue weighted by Crippen LogP contribution is 2.43. The number of hydrogen-bond donors (Lipinski definition) is 1. The van der Waals surface area contributed by atoms with Crippen molar-refractivity contribution in [3.8, 4) is 0 Å². The Kier molecular flexibility index (Phi) is 3.42. The van der Waals surface area contributed by atoms with E-state index in [1.807, 2.05) is 0 Å². The minimum atomic E-state index is 0.290. The van der Waals surface area contributed by atoms with Crippen LogP contribution in [0.4, 0.5) is 0 Å². The fourth-order valence-corrected chi connectivity index (χ4v) is 3.85. The number of piperidine rings is 1. The van der Waals surface area contributed by atoms with Gasteiger partial charge in [-0.05, 0) is 64.0 Å². The molecule has 3 aliphatic rings. The van der Waals surface area contributed by atoms with Crippen LogP contribution >= 0.6 is 0 Å². The van der Waals surface area contributed by atoms with Crippen molar-refractivity contribution in [1.29, 1.82) is 0 Å². The van der Waals surface area contributed by atoms with Crippen LogP contribution in [0, 0.1) is 5.92 Å². The maximum Gasteiger partial charge on any atom is 0.0697 e. The summed E-state index contributed by atoms with van der Waals surface area (Å²) in [6.45, 7) is 4.37. The van der Waals surface area contributed by atoms with Crippen molar-refractivity contribution in [2.75, 3.05) is 26.2 Å². The van der Waals surface area contributed by atoms with Gasteiger partial charge in [0.15, 0.2) is 0 Å². The van der Waals surface area contributed by atoms with Crippen molar-refractivity contribution in [3.63, 3.8) is 0 Å². The van der Waals surface area contributed by atoms with Crippen molar-refractivity contribution >= 4 is 0 Å². The molecule has 98 valence electrons. The molecule has 3 heteroatoms. The molecule has 1 aliphatic carbocycles. The Bertz CT molecular complexity index is 265. The first kappa shape index (κ1) is 11.9. The number of ether oxygens (including phenoxy) is 1. The number of nitrogens with zero attached hydrogens (tertiary/aromatic N) is 1. The highest BCUT2D eigenvalue weighted by molar-refractivity contribution is 4.97. The molecule has 2 N–H and O–H groups in total. The Morgan fingerprint density at radius 2 is 2.12 bits per heavy atom. The molecule has 2 aliphatic heterocycles. The molecule has 0 aromatic carbocycles. The van der Waals surface area contributed by atoms with Gasteiger partial charge in [0, 0.05) is 19.2 Å². The molecule has 0 bridgehead atoms. The minimum absolute atomic E-state index is 0.290. The summed E-state index contributed by atoms with van der Waals surface area (Å²) < 4.78 is 6.02.